The highest BCUT2D eigenvalue weighted by Gasteiger charge is 2.28. The summed E-state index contributed by atoms with van der Waals surface area (Å²) in [6.07, 6.45) is 0. The first kappa shape index (κ1) is 30.5. The molecule has 2 aromatic heterocycles. The molecule has 0 bridgehead atoms. The molecule has 0 saturated heterocycles. The molecule has 3 nitrogen and oxygen atoms in total. The van der Waals surface area contributed by atoms with E-state index in [0.717, 1.165) is 49.7 Å². The molecule has 12 rings (SSSR count). The topological polar surface area (TPSA) is 29.3 Å². The second-order valence-corrected chi connectivity index (χ2v) is 15.3. The minimum Gasteiger partial charge on any atom is -0.456 e. The number of benzene rings is 9. The molecule has 0 N–H and O–H groups in total. The van der Waals surface area contributed by atoms with Crippen LogP contribution in [-0.2, 0) is 0 Å². The van der Waals surface area contributed by atoms with Crippen LogP contribution in [0, 0.1) is 0 Å². The summed E-state index contributed by atoms with van der Waals surface area (Å²) in [5.74, 6) is 0. The van der Waals surface area contributed by atoms with E-state index in [9.17, 15) is 0 Å². The van der Waals surface area contributed by atoms with Crippen LogP contribution in [0.15, 0.2) is 186 Å². The molecule has 256 valence electrons. The minimum absolute atomic E-state index is 0.892. The molecule has 9 aromatic carbocycles. The zero-order valence-electron chi connectivity index (χ0n) is 29.5. The van der Waals surface area contributed by atoms with Gasteiger partial charge in [0.2, 0.25) is 0 Å². The maximum absolute atomic E-state index is 6.17. The Morgan fingerprint density at radius 2 is 1.09 bits per heavy atom. The van der Waals surface area contributed by atoms with Crippen LogP contribution < -0.4 is 4.90 Å². The van der Waals surface area contributed by atoms with Crippen molar-refractivity contribution in [2.24, 2.45) is 0 Å². The second kappa shape index (κ2) is 11.7. The predicted octanol–water partition coefficient (Wildman–Crippen LogP) is 15.0. The number of nitrogens with zero attached hydrogens (tertiary/aromatic N) is 2. The molecule has 11 aromatic rings. The lowest BCUT2D eigenvalue weighted by Gasteiger charge is -2.25. The van der Waals surface area contributed by atoms with Gasteiger partial charge >= 0.3 is 0 Å². The Morgan fingerprint density at radius 1 is 0.418 bits per heavy atom. The van der Waals surface area contributed by atoms with Crippen molar-refractivity contribution in [3.8, 4) is 43.4 Å². The van der Waals surface area contributed by atoms with Gasteiger partial charge in [-0.15, -0.1) is 11.3 Å². The van der Waals surface area contributed by atoms with Crippen LogP contribution >= 0.6 is 11.3 Å². The Morgan fingerprint density at radius 3 is 1.96 bits per heavy atom. The Labute approximate surface area is 321 Å². The maximum Gasteiger partial charge on any atom is 0.135 e. The van der Waals surface area contributed by atoms with Gasteiger partial charge in [0, 0.05) is 49.9 Å². The molecule has 0 unspecified atom stereocenters. The lowest BCUT2D eigenvalue weighted by atomic mass is 9.94. The molecule has 0 aliphatic heterocycles. The highest BCUT2D eigenvalue weighted by atomic mass is 32.1. The van der Waals surface area contributed by atoms with Crippen molar-refractivity contribution in [3.05, 3.63) is 182 Å². The van der Waals surface area contributed by atoms with Crippen LogP contribution in [0.3, 0.4) is 0 Å². The summed E-state index contributed by atoms with van der Waals surface area (Å²) in [4.78, 5) is 8.96. The zero-order chi connectivity index (χ0) is 36.0. The van der Waals surface area contributed by atoms with Crippen molar-refractivity contribution in [1.29, 1.82) is 0 Å². The van der Waals surface area contributed by atoms with Crippen LogP contribution in [-0.4, -0.2) is 4.98 Å². The van der Waals surface area contributed by atoms with Gasteiger partial charge in [-0.3, -0.25) is 0 Å². The first-order valence-corrected chi connectivity index (χ1v) is 19.4. The maximum atomic E-state index is 6.17. The Bertz CT molecular complexity index is 3290. The van der Waals surface area contributed by atoms with Crippen LogP contribution in [0.4, 0.5) is 17.1 Å². The van der Waals surface area contributed by atoms with E-state index < -0.39 is 0 Å². The van der Waals surface area contributed by atoms with E-state index in [0.29, 0.717) is 0 Å². The standard InChI is InChI=1S/C51H30N2OS/c1-2-12-33(13-3-1)53(35-25-28-47-44(30-35)40-17-8-9-20-46(40)54-47)34-23-21-31(22-24-34)37-26-27-43-48-41(37)18-10-19-42(48)49-50(43)55-51(52-49)45-29-32-11-4-5-14-36(32)38-15-6-7-16-39(38)45/h1-30H. The van der Waals surface area contributed by atoms with Gasteiger partial charge in [0.1, 0.15) is 16.2 Å². The highest BCUT2D eigenvalue weighted by Crippen LogP contribution is 2.53. The number of fused-ring (bicyclic) bond motifs is 9. The van der Waals surface area contributed by atoms with E-state index in [1.807, 2.05) is 23.5 Å². The Balaban J connectivity index is 0.943. The van der Waals surface area contributed by atoms with Gasteiger partial charge in [-0.2, -0.15) is 0 Å². The number of rotatable bonds is 5. The molecule has 0 atom stereocenters. The average molecular weight is 719 g/mol. The Kier molecular flexibility index (Phi) is 6.50. The van der Waals surface area contributed by atoms with Gasteiger partial charge in [0.25, 0.3) is 0 Å². The third kappa shape index (κ3) is 4.59. The highest BCUT2D eigenvalue weighted by molar-refractivity contribution is 7.19. The number of anilines is 3. The van der Waals surface area contributed by atoms with Crippen molar-refractivity contribution in [1.82, 2.24) is 4.98 Å². The van der Waals surface area contributed by atoms with E-state index in [-0.39, 0.29) is 0 Å². The molecular formula is C51H30N2OS. The van der Waals surface area contributed by atoms with E-state index >= 15 is 0 Å². The van der Waals surface area contributed by atoms with E-state index in [2.05, 4.69) is 175 Å². The molecule has 4 heteroatoms. The summed E-state index contributed by atoms with van der Waals surface area (Å²) in [5, 5.41) is 10.9. The second-order valence-electron chi connectivity index (χ2n) is 14.3. The number of thiazole rings is 1. The normalized spacial score (nSPS) is 12.0. The largest absolute Gasteiger partial charge is 0.456 e. The van der Waals surface area contributed by atoms with E-state index in [1.54, 1.807) is 0 Å². The lowest BCUT2D eigenvalue weighted by Crippen LogP contribution is -2.09. The van der Waals surface area contributed by atoms with Gasteiger partial charge < -0.3 is 9.32 Å². The third-order valence-electron chi connectivity index (χ3n) is 11.2. The van der Waals surface area contributed by atoms with Crippen molar-refractivity contribution in [3.63, 3.8) is 0 Å². The molecular weight excluding hydrogens is 689 g/mol. The predicted molar refractivity (Wildman–Crippen MR) is 232 cm³/mol. The Hall–Kier alpha value is -7.01. The molecule has 55 heavy (non-hydrogen) atoms. The van der Waals surface area contributed by atoms with Gasteiger partial charge in [0.05, 0.1) is 10.6 Å². The third-order valence-corrected chi connectivity index (χ3v) is 12.4. The molecule has 1 aliphatic carbocycles. The quantitative estimate of drug-likeness (QED) is 0.166. The van der Waals surface area contributed by atoms with E-state index in [4.69, 9.17) is 9.40 Å². The first-order chi connectivity index (χ1) is 27.3. The summed E-state index contributed by atoms with van der Waals surface area (Å²) in [6.45, 7) is 0. The first-order valence-electron chi connectivity index (χ1n) is 18.6. The smallest absolute Gasteiger partial charge is 0.135 e. The number of hydrogen-bond acceptors (Lipinski definition) is 4. The fourth-order valence-electron chi connectivity index (χ4n) is 8.74. The lowest BCUT2D eigenvalue weighted by molar-refractivity contribution is 0.669. The minimum atomic E-state index is 0.892. The number of aromatic nitrogens is 1. The van der Waals surface area contributed by atoms with Crippen LogP contribution in [0.25, 0.3) is 97.7 Å². The summed E-state index contributed by atoms with van der Waals surface area (Å²) < 4.78 is 6.17. The van der Waals surface area contributed by atoms with Gasteiger partial charge in [0.15, 0.2) is 0 Å². The monoisotopic (exact) mass is 718 g/mol. The molecule has 0 fully saturated rings. The molecule has 0 amide bonds. The van der Waals surface area contributed by atoms with E-state index in [1.165, 1.54) is 65.0 Å². The van der Waals surface area contributed by atoms with Gasteiger partial charge in [-0.1, -0.05) is 127 Å². The molecule has 0 spiro atoms. The zero-order valence-corrected chi connectivity index (χ0v) is 30.3. The number of para-hydroxylation sites is 2. The average Bonchev–Trinajstić information content (AvgIpc) is 3.94. The molecule has 0 saturated carbocycles. The van der Waals surface area contributed by atoms with Crippen LogP contribution in [0.2, 0.25) is 0 Å². The molecule has 1 aliphatic rings. The summed E-state index contributed by atoms with van der Waals surface area (Å²) in [5.41, 5.74) is 12.2. The van der Waals surface area contributed by atoms with Gasteiger partial charge in [-0.05, 0) is 92.7 Å². The number of furan rings is 1. The van der Waals surface area contributed by atoms with Crippen LogP contribution in [0.5, 0.6) is 0 Å². The van der Waals surface area contributed by atoms with Crippen molar-refractivity contribution >= 4 is 82.7 Å². The van der Waals surface area contributed by atoms with Crippen molar-refractivity contribution in [2.75, 3.05) is 4.90 Å². The fourth-order valence-corrected chi connectivity index (χ4v) is 9.89. The fraction of sp³-hybridized carbons (Fsp3) is 0. The molecule has 0 radical (unpaired) electrons. The van der Waals surface area contributed by atoms with Gasteiger partial charge in [-0.25, -0.2) is 4.98 Å². The molecule has 2 heterocycles. The summed E-state index contributed by atoms with van der Waals surface area (Å²) >= 11 is 1.81. The van der Waals surface area contributed by atoms with Crippen molar-refractivity contribution in [2.45, 2.75) is 0 Å². The number of hydrogen-bond donors (Lipinski definition) is 0. The summed E-state index contributed by atoms with van der Waals surface area (Å²) in [7, 11) is 0. The van der Waals surface area contributed by atoms with Crippen molar-refractivity contribution < 1.29 is 4.42 Å². The summed E-state index contributed by atoms with van der Waals surface area (Å²) in [6, 6.07) is 65.3. The SMILES string of the molecule is c1ccc(N(c2ccc(-c3ccc4c5c(cccc35)-c3nc(-c5cc6ccccc6c6ccccc56)sc3-4)cc2)c2ccc3oc4ccccc4c3c2)cc1. The van der Waals surface area contributed by atoms with Crippen LogP contribution in [0.1, 0.15) is 0 Å².